The van der Waals surface area contributed by atoms with Crippen molar-refractivity contribution in [3.8, 4) is 0 Å². The average molecular weight is 246 g/mol. The van der Waals surface area contributed by atoms with Gasteiger partial charge in [-0.2, -0.15) is 0 Å². The molecule has 2 fully saturated rings. The molecule has 1 aromatic rings. The molecule has 0 bridgehead atoms. The lowest BCUT2D eigenvalue weighted by Crippen LogP contribution is -2.39. The van der Waals surface area contributed by atoms with Crippen LogP contribution in [0.15, 0.2) is 30.3 Å². The van der Waals surface area contributed by atoms with Crippen molar-refractivity contribution in [3.63, 3.8) is 0 Å². The lowest BCUT2D eigenvalue weighted by Gasteiger charge is -2.29. The van der Waals surface area contributed by atoms with Gasteiger partial charge in [-0.1, -0.05) is 36.4 Å². The number of aliphatic hydroxyl groups is 1. The molecule has 0 saturated carbocycles. The Labute approximate surface area is 105 Å². The van der Waals surface area contributed by atoms with E-state index in [2.05, 4.69) is 46.6 Å². The molecule has 0 spiro atoms. The highest BCUT2D eigenvalue weighted by Gasteiger charge is 2.48. The first kappa shape index (κ1) is 10.1. The van der Waals surface area contributed by atoms with Crippen LogP contribution in [0.3, 0.4) is 0 Å². The van der Waals surface area contributed by atoms with E-state index in [9.17, 15) is 5.11 Å². The fourth-order valence-electron chi connectivity index (χ4n) is 3.05. The van der Waals surface area contributed by atoms with Crippen LogP contribution in [0, 0.1) is 0 Å². The van der Waals surface area contributed by atoms with Gasteiger partial charge in [0, 0.05) is 5.75 Å². The molecule has 2 aliphatic heterocycles. The lowest BCUT2D eigenvalue weighted by atomic mass is 9.90. The van der Waals surface area contributed by atoms with E-state index in [0.29, 0.717) is 12.1 Å². The highest BCUT2D eigenvalue weighted by atomic mass is 32.2. The van der Waals surface area contributed by atoms with Crippen LogP contribution >= 0.6 is 11.8 Å². The predicted octanol–water partition coefficient (Wildman–Crippen LogP) is 1.38. The molecule has 0 aromatic heterocycles. The zero-order chi connectivity index (χ0) is 11.4. The Morgan fingerprint density at radius 2 is 2.24 bits per heavy atom. The van der Waals surface area contributed by atoms with Crippen molar-refractivity contribution >= 4 is 17.8 Å². The van der Waals surface area contributed by atoms with E-state index < -0.39 is 0 Å². The number of nitrogens with zero attached hydrogens (tertiary/aromatic N) is 1. The molecular formula is C13H14N2OS. The summed E-state index contributed by atoms with van der Waals surface area (Å²) < 4.78 is 0. The molecule has 17 heavy (non-hydrogen) atoms. The Morgan fingerprint density at radius 3 is 3.18 bits per heavy atom. The lowest BCUT2D eigenvalue weighted by molar-refractivity contribution is 0.0253. The Balaban J connectivity index is 1.78. The molecule has 2 heterocycles. The van der Waals surface area contributed by atoms with Crippen LogP contribution in [0.4, 0.5) is 0 Å². The third-order valence-electron chi connectivity index (χ3n) is 3.83. The number of nitrogens with one attached hydrogen (secondary N) is 1. The van der Waals surface area contributed by atoms with E-state index in [1.165, 1.54) is 11.1 Å². The number of rotatable bonds is 0. The molecule has 3 nitrogen and oxygen atoms in total. The van der Waals surface area contributed by atoms with Gasteiger partial charge in [0.25, 0.3) is 0 Å². The molecule has 2 saturated heterocycles. The number of hydrogen-bond donors (Lipinski definition) is 2. The van der Waals surface area contributed by atoms with Crippen LogP contribution in [-0.4, -0.2) is 33.5 Å². The number of fused-ring (bicyclic) bond motifs is 5. The van der Waals surface area contributed by atoms with Crippen LogP contribution in [0.5, 0.6) is 0 Å². The SMILES string of the molecule is OC1CSC2NC3c4ccccc4C=CC3N12. The first-order chi connectivity index (χ1) is 8.34. The summed E-state index contributed by atoms with van der Waals surface area (Å²) in [4.78, 5) is 2.18. The summed E-state index contributed by atoms with van der Waals surface area (Å²) >= 11 is 1.79. The molecule has 0 radical (unpaired) electrons. The van der Waals surface area contributed by atoms with Gasteiger partial charge in [-0.3, -0.25) is 5.32 Å². The van der Waals surface area contributed by atoms with E-state index in [0.717, 1.165) is 5.75 Å². The summed E-state index contributed by atoms with van der Waals surface area (Å²) in [6.45, 7) is 0. The number of hydrogen-bond acceptors (Lipinski definition) is 4. The first-order valence-electron chi connectivity index (χ1n) is 5.95. The molecule has 4 atom stereocenters. The number of thioether (sulfide) groups is 1. The van der Waals surface area contributed by atoms with Crippen molar-refractivity contribution in [2.24, 2.45) is 0 Å². The van der Waals surface area contributed by atoms with Crippen molar-refractivity contribution in [1.82, 2.24) is 10.2 Å². The minimum Gasteiger partial charge on any atom is -0.377 e. The maximum absolute atomic E-state index is 10.0. The van der Waals surface area contributed by atoms with Crippen LogP contribution in [0.2, 0.25) is 0 Å². The predicted molar refractivity (Wildman–Crippen MR) is 69.2 cm³/mol. The molecule has 1 aliphatic carbocycles. The largest absolute Gasteiger partial charge is 0.377 e. The average Bonchev–Trinajstić information content (AvgIpc) is 2.90. The second-order valence-corrected chi connectivity index (χ2v) is 5.85. The molecule has 3 aliphatic rings. The summed E-state index contributed by atoms with van der Waals surface area (Å²) in [6.07, 6.45) is 4.08. The molecule has 2 N–H and O–H groups in total. The quantitative estimate of drug-likeness (QED) is 0.725. The highest BCUT2D eigenvalue weighted by molar-refractivity contribution is 8.00. The zero-order valence-corrected chi connectivity index (χ0v) is 10.1. The fourth-order valence-corrected chi connectivity index (χ4v) is 4.27. The third-order valence-corrected chi connectivity index (χ3v) is 5.02. The molecule has 0 amide bonds. The number of aliphatic hydroxyl groups excluding tert-OH is 1. The van der Waals surface area contributed by atoms with Gasteiger partial charge in [0.05, 0.1) is 12.1 Å². The van der Waals surface area contributed by atoms with E-state index in [4.69, 9.17) is 0 Å². The molecule has 4 heteroatoms. The normalized spacial score (nSPS) is 38.9. The topological polar surface area (TPSA) is 35.5 Å². The van der Waals surface area contributed by atoms with E-state index in [1.54, 1.807) is 11.8 Å². The second kappa shape index (κ2) is 3.59. The summed E-state index contributed by atoms with van der Waals surface area (Å²) in [7, 11) is 0. The van der Waals surface area contributed by atoms with Crippen LogP contribution in [0.25, 0.3) is 6.08 Å². The van der Waals surface area contributed by atoms with Crippen molar-refractivity contribution < 1.29 is 5.11 Å². The van der Waals surface area contributed by atoms with Crippen molar-refractivity contribution in [2.75, 3.05) is 5.75 Å². The molecular weight excluding hydrogens is 232 g/mol. The van der Waals surface area contributed by atoms with Crippen molar-refractivity contribution in [1.29, 1.82) is 0 Å². The van der Waals surface area contributed by atoms with Crippen molar-refractivity contribution in [3.05, 3.63) is 41.5 Å². The van der Waals surface area contributed by atoms with E-state index >= 15 is 0 Å². The standard InChI is InChI=1S/C13H14N2OS/c16-11-7-17-13-14-12-9-4-2-1-3-8(9)5-6-10(12)15(11)13/h1-6,10-14,16H,7H2. The van der Waals surface area contributed by atoms with Gasteiger partial charge in [0.15, 0.2) is 0 Å². The maximum Gasteiger partial charge on any atom is 0.119 e. The summed E-state index contributed by atoms with van der Waals surface area (Å²) in [5.41, 5.74) is 2.90. The van der Waals surface area contributed by atoms with Crippen LogP contribution in [0.1, 0.15) is 17.2 Å². The Morgan fingerprint density at radius 1 is 1.35 bits per heavy atom. The maximum atomic E-state index is 10.0. The van der Waals surface area contributed by atoms with E-state index in [-0.39, 0.29) is 11.7 Å². The smallest absolute Gasteiger partial charge is 0.119 e. The van der Waals surface area contributed by atoms with E-state index in [1.807, 2.05) is 0 Å². The van der Waals surface area contributed by atoms with Gasteiger partial charge < -0.3 is 5.11 Å². The van der Waals surface area contributed by atoms with Crippen LogP contribution in [-0.2, 0) is 0 Å². The zero-order valence-electron chi connectivity index (χ0n) is 9.28. The van der Waals surface area contributed by atoms with Gasteiger partial charge >= 0.3 is 0 Å². The van der Waals surface area contributed by atoms with Gasteiger partial charge in [-0.25, -0.2) is 4.90 Å². The Bertz CT molecular complexity index is 490. The van der Waals surface area contributed by atoms with Gasteiger partial charge in [-0.05, 0) is 11.1 Å². The second-order valence-electron chi connectivity index (χ2n) is 4.74. The minimum atomic E-state index is -0.317. The summed E-state index contributed by atoms with van der Waals surface area (Å²) in [5, 5.41) is 13.6. The third kappa shape index (κ3) is 1.35. The number of benzene rings is 1. The van der Waals surface area contributed by atoms with Gasteiger partial charge in [0.2, 0.25) is 0 Å². The summed E-state index contributed by atoms with van der Waals surface area (Å²) in [5.74, 6) is 0.802. The molecule has 4 rings (SSSR count). The first-order valence-corrected chi connectivity index (χ1v) is 7.00. The summed E-state index contributed by atoms with van der Waals surface area (Å²) in [6, 6.07) is 9.11. The Hall–Kier alpha value is -0.810. The Kier molecular flexibility index (Phi) is 2.14. The minimum absolute atomic E-state index is 0.260. The fraction of sp³-hybridized carbons (Fsp3) is 0.385. The van der Waals surface area contributed by atoms with Gasteiger partial charge in [-0.15, -0.1) is 11.8 Å². The van der Waals surface area contributed by atoms with Crippen molar-refractivity contribution in [2.45, 2.75) is 23.8 Å². The highest BCUT2D eigenvalue weighted by Crippen LogP contribution is 2.43. The molecule has 4 unspecified atom stereocenters. The molecule has 1 aromatic carbocycles. The van der Waals surface area contributed by atoms with Crippen LogP contribution < -0.4 is 5.32 Å². The molecule has 88 valence electrons. The monoisotopic (exact) mass is 246 g/mol. The van der Waals surface area contributed by atoms with Gasteiger partial charge in [0.1, 0.15) is 11.7 Å².